The average molecular weight is 615 g/mol. The van der Waals surface area contributed by atoms with Crippen molar-refractivity contribution in [3.8, 4) is 0 Å². The number of anilines is 1. The van der Waals surface area contributed by atoms with Crippen molar-refractivity contribution in [3.05, 3.63) is 100 Å². The number of nitrogens with zero attached hydrogens (tertiary/aromatic N) is 2. The lowest BCUT2D eigenvalue weighted by Gasteiger charge is -2.33. The van der Waals surface area contributed by atoms with Crippen molar-refractivity contribution in [1.82, 2.24) is 10.2 Å². The van der Waals surface area contributed by atoms with Crippen LogP contribution in [0.2, 0.25) is 0 Å². The van der Waals surface area contributed by atoms with Gasteiger partial charge in [0.2, 0.25) is 21.8 Å². The van der Waals surface area contributed by atoms with E-state index in [2.05, 4.69) is 21.2 Å². The van der Waals surface area contributed by atoms with E-state index in [1.165, 1.54) is 4.90 Å². The molecule has 0 bridgehead atoms. The van der Waals surface area contributed by atoms with Crippen molar-refractivity contribution in [2.24, 2.45) is 0 Å². The number of benzene rings is 3. The average Bonchev–Trinajstić information content (AvgIpc) is 2.90. The van der Waals surface area contributed by atoms with Crippen molar-refractivity contribution in [3.63, 3.8) is 0 Å². The summed E-state index contributed by atoms with van der Waals surface area (Å²) in [7, 11) is -3.79. The highest BCUT2D eigenvalue weighted by Crippen LogP contribution is 2.22. The predicted octanol–water partition coefficient (Wildman–Crippen LogP) is 5.08. The van der Waals surface area contributed by atoms with E-state index in [-0.39, 0.29) is 12.5 Å². The summed E-state index contributed by atoms with van der Waals surface area (Å²) in [6.45, 7) is 4.25. The van der Waals surface area contributed by atoms with Crippen molar-refractivity contribution >= 4 is 43.5 Å². The zero-order valence-electron chi connectivity index (χ0n) is 22.6. The minimum Gasteiger partial charge on any atom is -0.354 e. The monoisotopic (exact) mass is 613 g/mol. The molecule has 7 nitrogen and oxygen atoms in total. The number of rotatable bonds is 13. The number of carbonyl (C=O) groups is 2. The fraction of sp³-hybridized carbons (Fsp3) is 0.333. The Balaban J connectivity index is 2.02. The maximum Gasteiger partial charge on any atom is 0.244 e. The van der Waals surface area contributed by atoms with Crippen LogP contribution in [0.4, 0.5) is 5.69 Å². The smallest absolute Gasteiger partial charge is 0.244 e. The molecule has 0 aliphatic rings. The van der Waals surface area contributed by atoms with Crippen LogP contribution in [0.25, 0.3) is 0 Å². The summed E-state index contributed by atoms with van der Waals surface area (Å²) >= 11 is 3.37. The molecule has 1 N–H and O–H groups in total. The standard InChI is InChI=1S/C30H36BrN3O4S/c1-4-5-18-32-30(36)28(20-24-11-7-6-8-12-24)33(21-25-13-9-10-23(2)19-25)29(35)22-34(39(3,37)38)27-16-14-26(31)15-17-27/h6-17,19,28H,4-5,18,20-22H2,1-3H3,(H,32,36). The minimum absolute atomic E-state index is 0.164. The number of amides is 2. The molecule has 0 aliphatic heterocycles. The van der Waals surface area contributed by atoms with Crippen LogP contribution in [0, 0.1) is 6.92 Å². The highest BCUT2D eigenvalue weighted by atomic mass is 79.9. The van der Waals surface area contributed by atoms with Gasteiger partial charge in [0.25, 0.3) is 0 Å². The second kappa shape index (κ2) is 14.3. The van der Waals surface area contributed by atoms with Gasteiger partial charge in [-0.3, -0.25) is 13.9 Å². The second-order valence-corrected chi connectivity index (χ2v) is 12.4. The Morgan fingerprint density at radius 2 is 1.62 bits per heavy atom. The fourth-order valence-electron chi connectivity index (χ4n) is 4.29. The maximum absolute atomic E-state index is 14.0. The Hall–Kier alpha value is -3.17. The summed E-state index contributed by atoms with van der Waals surface area (Å²) in [6, 6.07) is 23.2. The van der Waals surface area contributed by atoms with Crippen LogP contribution in [0.15, 0.2) is 83.3 Å². The first-order valence-corrected chi connectivity index (χ1v) is 15.6. The van der Waals surface area contributed by atoms with Gasteiger partial charge in [0.1, 0.15) is 12.6 Å². The Bertz CT molecular complexity index is 1350. The van der Waals surface area contributed by atoms with E-state index in [1.807, 2.05) is 68.4 Å². The number of hydrogen-bond donors (Lipinski definition) is 1. The van der Waals surface area contributed by atoms with E-state index >= 15 is 0 Å². The van der Waals surface area contributed by atoms with Gasteiger partial charge in [-0.05, 0) is 48.7 Å². The molecule has 3 rings (SSSR count). The quantitative estimate of drug-likeness (QED) is 0.272. The molecule has 9 heteroatoms. The first-order chi connectivity index (χ1) is 18.6. The second-order valence-electron chi connectivity index (χ2n) is 9.61. The molecular weight excluding hydrogens is 578 g/mol. The normalized spacial score (nSPS) is 12.0. The Labute approximate surface area is 240 Å². The molecule has 0 spiro atoms. The van der Waals surface area contributed by atoms with Crippen molar-refractivity contribution in [2.45, 2.75) is 45.7 Å². The number of sulfonamides is 1. The Morgan fingerprint density at radius 1 is 0.949 bits per heavy atom. The van der Waals surface area contributed by atoms with Crippen LogP contribution in [0.3, 0.4) is 0 Å². The molecule has 0 radical (unpaired) electrons. The van der Waals surface area contributed by atoms with Crippen LogP contribution < -0.4 is 9.62 Å². The summed E-state index contributed by atoms with van der Waals surface area (Å²) < 4.78 is 27.5. The summed E-state index contributed by atoms with van der Waals surface area (Å²) in [6.07, 6.45) is 3.12. The van der Waals surface area contributed by atoms with Crippen LogP contribution in [0.1, 0.15) is 36.5 Å². The number of unbranched alkanes of at least 4 members (excludes halogenated alkanes) is 1. The van der Waals surface area contributed by atoms with E-state index in [0.29, 0.717) is 18.7 Å². The maximum atomic E-state index is 14.0. The largest absolute Gasteiger partial charge is 0.354 e. The molecule has 0 heterocycles. The number of aryl methyl sites for hydroxylation is 1. The third kappa shape index (κ3) is 9.21. The van der Waals surface area contributed by atoms with Crippen LogP contribution >= 0.6 is 15.9 Å². The SMILES string of the molecule is CCCCNC(=O)C(Cc1ccccc1)N(Cc1cccc(C)c1)C(=O)CN(c1ccc(Br)cc1)S(C)(=O)=O. The van der Waals surface area contributed by atoms with Gasteiger partial charge in [-0.2, -0.15) is 0 Å². The Morgan fingerprint density at radius 3 is 2.23 bits per heavy atom. The summed E-state index contributed by atoms with van der Waals surface area (Å²) in [5.41, 5.74) is 3.16. The molecule has 0 saturated carbocycles. The van der Waals surface area contributed by atoms with Gasteiger partial charge in [-0.25, -0.2) is 8.42 Å². The molecule has 0 fully saturated rings. The Kier molecular flexibility index (Phi) is 11.1. The zero-order chi connectivity index (χ0) is 28.4. The van der Waals surface area contributed by atoms with Crippen molar-refractivity contribution < 1.29 is 18.0 Å². The summed E-state index contributed by atoms with van der Waals surface area (Å²) in [5.74, 6) is -0.723. The molecule has 0 aliphatic carbocycles. The van der Waals surface area contributed by atoms with Gasteiger partial charge in [0.05, 0.1) is 11.9 Å². The predicted molar refractivity (Wildman–Crippen MR) is 160 cm³/mol. The topological polar surface area (TPSA) is 86.8 Å². The van der Waals surface area contributed by atoms with E-state index in [0.717, 1.165) is 44.6 Å². The molecule has 3 aromatic rings. The van der Waals surface area contributed by atoms with Gasteiger partial charge in [0, 0.05) is 24.0 Å². The molecule has 39 heavy (non-hydrogen) atoms. The highest BCUT2D eigenvalue weighted by molar-refractivity contribution is 9.10. The van der Waals surface area contributed by atoms with Crippen LogP contribution in [-0.2, 0) is 32.6 Å². The van der Waals surface area contributed by atoms with E-state index in [9.17, 15) is 18.0 Å². The third-order valence-electron chi connectivity index (χ3n) is 6.33. The lowest BCUT2D eigenvalue weighted by molar-refractivity contribution is -0.140. The molecular formula is C30H36BrN3O4S. The van der Waals surface area contributed by atoms with Crippen LogP contribution in [0.5, 0.6) is 0 Å². The van der Waals surface area contributed by atoms with Gasteiger partial charge in [-0.1, -0.05) is 89.4 Å². The van der Waals surface area contributed by atoms with E-state index in [1.54, 1.807) is 24.3 Å². The van der Waals surface area contributed by atoms with Gasteiger partial charge >= 0.3 is 0 Å². The first-order valence-electron chi connectivity index (χ1n) is 13.0. The molecule has 3 aromatic carbocycles. The van der Waals surface area contributed by atoms with Crippen molar-refractivity contribution in [1.29, 1.82) is 0 Å². The number of carbonyl (C=O) groups excluding carboxylic acids is 2. The van der Waals surface area contributed by atoms with E-state index in [4.69, 9.17) is 0 Å². The molecule has 208 valence electrons. The summed E-state index contributed by atoms with van der Waals surface area (Å²) in [4.78, 5) is 29.1. The lowest BCUT2D eigenvalue weighted by atomic mass is 10.0. The fourth-order valence-corrected chi connectivity index (χ4v) is 5.40. The number of hydrogen-bond acceptors (Lipinski definition) is 4. The zero-order valence-corrected chi connectivity index (χ0v) is 25.0. The molecule has 1 unspecified atom stereocenters. The first kappa shape index (κ1) is 30.4. The molecule has 0 saturated heterocycles. The molecule has 2 amide bonds. The van der Waals surface area contributed by atoms with Gasteiger partial charge in [-0.15, -0.1) is 0 Å². The van der Waals surface area contributed by atoms with Crippen LogP contribution in [-0.4, -0.2) is 50.5 Å². The third-order valence-corrected chi connectivity index (χ3v) is 8.00. The lowest BCUT2D eigenvalue weighted by Crippen LogP contribution is -2.53. The minimum atomic E-state index is -3.79. The highest BCUT2D eigenvalue weighted by Gasteiger charge is 2.33. The van der Waals surface area contributed by atoms with Gasteiger partial charge in [0.15, 0.2) is 0 Å². The molecule has 1 atom stereocenters. The molecule has 0 aromatic heterocycles. The summed E-state index contributed by atoms with van der Waals surface area (Å²) in [5, 5.41) is 2.99. The van der Waals surface area contributed by atoms with E-state index < -0.39 is 28.5 Å². The van der Waals surface area contributed by atoms with Crippen molar-refractivity contribution in [2.75, 3.05) is 23.7 Å². The van der Waals surface area contributed by atoms with Gasteiger partial charge < -0.3 is 10.2 Å². The number of halogens is 1. The number of nitrogens with one attached hydrogen (secondary N) is 1.